The Bertz CT molecular complexity index is 700. The van der Waals surface area contributed by atoms with Gasteiger partial charge in [-0.15, -0.1) is 0 Å². The lowest BCUT2D eigenvalue weighted by Crippen LogP contribution is -2.18. The Morgan fingerprint density at radius 2 is 2.08 bits per heavy atom. The third-order valence-corrected chi connectivity index (χ3v) is 3.36. The molecule has 1 aromatic heterocycles. The summed E-state index contributed by atoms with van der Waals surface area (Å²) in [5.74, 6) is 0.193. The van der Waals surface area contributed by atoms with Gasteiger partial charge in [-0.1, -0.05) is 36.5 Å². The van der Waals surface area contributed by atoms with Crippen LogP contribution in [0.15, 0.2) is 54.9 Å². The van der Waals surface area contributed by atoms with Gasteiger partial charge in [-0.25, -0.2) is 4.79 Å². The largest absolute Gasteiger partial charge is 0.482 e. The Balaban J connectivity index is 1.80. The SMILES string of the molecule is COC(=O)COc1ccc(C=CC(=S)NCc2cccnc2)cc1. The van der Waals surface area contributed by atoms with Gasteiger partial charge >= 0.3 is 5.97 Å². The molecule has 2 aromatic rings. The Kier molecular flexibility index (Phi) is 6.91. The average Bonchev–Trinajstić information content (AvgIpc) is 2.64. The fourth-order valence-corrected chi connectivity index (χ4v) is 1.94. The predicted molar refractivity (Wildman–Crippen MR) is 96.7 cm³/mol. The van der Waals surface area contributed by atoms with E-state index in [4.69, 9.17) is 17.0 Å². The molecule has 1 aromatic carbocycles. The molecule has 0 saturated carbocycles. The second-order valence-electron chi connectivity index (χ2n) is 4.85. The number of nitrogens with one attached hydrogen (secondary N) is 1. The van der Waals surface area contributed by atoms with E-state index in [2.05, 4.69) is 15.0 Å². The van der Waals surface area contributed by atoms with Crippen molar-refractivity contribution in [3.63, 3.8) is 0 Å². The van der Waals surface area contributed by atoms with Crippen LogP contribution in [0.1, 0.15) is 11.1 Å². The van der Waals surface area contributed by atoms with Gasteiger partial charge in [0.05, 0.1) is 12.1 Å². The van der Waals surface area contributed by atoms with Crippen LogP contribution < -0.4 is 10.1 Å². The van der Waals surface area contributed by atoms with E-state index in [9.17, 15) is 4.79 Å². The van der Waals surface area contributed by atoms with Gasteiger partial charge in [0.25, 0.3) is 0 Å². The van der Waals surface area contributed by atoms with Crippen molar-refractivity contribution in [1.29, 1.82) is 0 Å². The molecule has 5 nitrogen and oxygen atoms in total. The number of aromatic nitrogens is 1. The Morgan fingerprint density at radius 3 is 2.75 bits per heavy atom. The minimum atomic E-state index is -0.413. The molecule has 1 N–H and O–H groups in total. The molecule has 0 amide bonds. The first kappa shape index (κ1) is 17.6. The number of methoxy groups -OCH3 is 1. The number of pyridine rings is 1. The summed E-state index contributed by atoms with van der Waals surface area (Å²) in [7, 11) is 1.32. The van der Waals surface area contributed by atoms with Crippen LogP contribution in [0.25, 0.3) is 6.08 Å². The fraction of sp³-hybridized carbons (Fsp3) is 0.167. The number of ether oxygens (including phenoxy) is 2. The fourth-order valence-electron chi connectivity index (χ4n) is 1.80. The highest BCUT2D eigenvalue weighted by molar-refractivity contribution is 7.80. The van der Waals surface area contributed by atoms with Crippen molar-refractivity contribution in [3.05, 3.63) is 66.0 Å². The summed E-state index contributed by atoms with van der Waals surface area (Å²) in [5.41, 5.74) is 2.05. The van der Waals surface area contributed by atoms with E-state index < -0.39 is 5.97 Å². The monoisotopic (exact) mass is 342 g/mol. The summed E-state index contributed by atoms with van der Waals surface area (Å²) in [4.78, 5) is 15.7. The van der Waals surface area contributed by atoms with Gasteiger partial charge in [0.15, 0.2) is 6.61 Å². The summed E-state index contributed by atoms with van der Waals surface area (Å²) >= 11 is 5.27. The van der Waals surface area contributed by atoms with E-state index in [1.54, 1.807) is 24.5 Å². The number of hydrogen-bond donors (Lipinski definition) is 1. The number of thiocarbonyl (C=S) groups is 1. The topological polar surface area (TPSA) is 60.5 Å². The van der Waals surface area contributed by atoms with Gasteiger partial charge in [-0.05, 0) is 35.4 Å². The summed E-state index contributed by atoms with van der Waals surface area (Å²) in [6.07, 6.45) is 7.27. The molecule has 0 radical (unpaired) electrons. The molecule has 1 heterocycles. The summed E-state index contributed by atoms with van der Waals surface area (Å²) < 4.78 is 9.80. The third kappa shape index (κ3) is 6.18. The van der Waals surface area contributed by atoms with Crippen molar-refractivity contribution in [1.82, 2.24) is 10.3 Å². The Labute approximate surface area is 146 Å². The summed E-state index contributed by atoms with van der Waals surface area (Å²) in [6.45, 7) is 0.533. The lowest BCUT2D eigenvalue weighted by molar-refractivity contribution is -0.142. The number of carbonyl (C=O) groups is 1. The van der Waals surface area contributed by atoms with Crippen molar-refractivity contribution in [2.75, 3.05) is 13.7 Å². The molecular formula is C18H18N2O3S. The quantitative estimate of drug-likeness (QED) is 0.474. The van der Waals surface area contributed by atoms with Gasteiger partial charge in [0.2, 0.25) is 0 Å². The molecule has 0 aliphatic carbocycles. The van der Waals surface area contributed by atoms with Crippen molar-refractivity contribution in [3.8, 4) is 5.75 Å². The molecule has 0 atom stereocenters. The Morgan fingerprint density at radius 1 is 1.29 bits per heavy atom. The minimum absolute atomic E-state index is 0.103. The normalized spacial score (nSPS) is 10.4. The second-order valence-corrected chi connectivity index (χ2v) is 5.29. The first-order valence-electron chi connectivity index (χ1n) is 7.32. The van der Waals surface area contributed by atoms with Gasteiger partial charge in [-0.2, -0.15) is 0 Å². The van der Waals surface area contributed by atoms with E-state index in [1.165, 1.54) is 7.11 Å². The number of hydrogen-bond acceptors (Lipinski definition) is 5. The van der Waals surface area contributed by atoms with E-state index >= 15 is 0 Å². The third-order valence-electron chi connectivity index (χ3n) is 3.08. The molecule has 0 bridgehead atoms. The zero-order chi connectivity index (χ0) is 17.2. The molecule has 24 heavy (non-hydrogen) atoms. The molecule has 6 heteroatoms. The summed E-state index contributed by atoms with van der Waals surface area (Å²) in [5, 5.41) is 3.15. The lowest BCUT2D eigenvalue weighted by Gasteiger charge is -2.05. The van der Waals surface area contributed by atoms with Crippen LogP contribution in [-0.4, -0.2) is 29.7 Å². The highest BCUT2D eigenvalue weighted by Gasteiger charge is 2.01. The molecule has 0 aliphatic heterocycles. The maximum atomic E-state index is 11.0. The van der Waals surface area contributed by atoms with Crippen LogP contribution in [0.3, 0.4) is 0 Å². The van der Waals surface area contributed by atoms with Gasteiger partial charge in [-0.3, -0.25) is 4.98 Å². The minimum Gasteiger partial charge on any atom is -0.482 e. The highest BCUT2D eigenvalue weighted by atomic mass is 32.1. The molecule has 0 spiro atoms. The van der Waals surface area contributed by atoms with Gasteiger partial charge in [0, 0.05) is 18.9 Å². The smallest absolute Gasteiger partial charge is 0.343 e. The number of rotatable bonds is 7. The van der Waals surface area contributed by atoms with Crippen LogP contribution >= 0.6 is 12.2 Å². The number of esters is 1. The van der Waals surface area contributed by atoms with Gasteiger partial charge in [0.1, 0.15) is 5.75 Å². The lowest BCUT2D eigenvalue weighted by atomic mass is 10.2. The van der Waals surface area contributed by atoms with E-state index in [1.807, 2.05) is 36.4 Å². The molecule has 0 saturated heterocycles. The molecule has 2 rings (SSSR count). The predicted octanol–water partition coefficient (Wildman–Crippen LogP) is 2.76. The van der Waals surface area contributed by atoms with Crippen LogP contribution in [0.4, 0.5) is 0 Å². The van der Waals surface area contributed by atoms with Crippen LogP contribution in [-0.2, 0) is 16.1 Å². The van der Waals surface area contributed by atoms with E-state index in [0.717, 1.165) is 11.1 Å². The standard InChI is InChI=1S/C18H18N2O3S/c1-22-18(21)13-23-16-7-4-14(5-8-16)6-9-17(24)20-12-15-3-2-10-19-11-15/h2-11H,12-13H2,1H3,(H,20,24). The first-order chi connectivity index (χ1) is 11.7. The zero-order valence-electron chi connectivity index (χ0n) is 13.3. The first-order valence-corrected chi connectivity index (χ1v) is 7.72. The molecular weight excluding hydrogens is 324 g/mol. The maximum Gasteiger partial charge on any atom is 0.343 e. The second kappa shape index (κ2) is 9.42. The average molecular weight is 342 g/mol. The van der Waals surface area contributed by atoms with Crippen LogP contribution in [0.2, 0.25) is 0 Å². The van der Waals surface area contributed by atoms with Crippen molar-refractivity contribution < 1.29 is 14.3 Å². The van der Waals surface area contributed by atoms with E-state index in [-0.39, 0.29) is 6.61 Å². The van der Waals surface area contributed by atoms with Crippen LogP contribution in [0, 0.1) is 0 Å². The molecule has 0 unspecified atom stereocenters. The van der Waals surface area contributed by atoms with Gasteiger partial charge < -0.3 is 14.8 Å². The molecule has 124 valence electrons. The van der Waals surface area contributed by atoms with E-state index in [0.29, 0.717) is 17.3 Å². The molecule has 0 aliphatic rings. The summed E-state index contributed by atoms with van der Waals surface area (Å²) in [6, 6.07) is 11.2. The van der Waals surface area contributed by atoms with Crippen molar-refractivity contribution in [2.45, 2.75) is 6.54 Å². The number of carbonyl (C=O) groups excluding carboxylic acids is 1. The Hall–Kier alpha value is -2.73. The van der Waals surface area contributed by atoms with Crippen molar-refractivity contribution >= 4 is 29.3 Å². The van der Waals surface area contributed by atoms with Crippen molar-refractivity contribution in [2.24, 2.45) is 0 Å². The zero-order valence-corrected chi connectivity index (χ0v) is 14.1. The maximum absolute atomic E-state index is 11.0. The number of benzene rings is 1. The molecule has 0 fully saturated rings. The highest BCUT2D eigenvalue weighted by Crippen LogP contribution is 2.13. The number of nitrogens with zero attached hydrogens (tertiary/aromatic N) is 1. The van der Waals surface area contributed by atoms with Crippen LogP contribution in [0.5, 0.6) is 5.75 Å².